The highest BCUT2D eigenvalue weighted by Crippen LogP contribution is 2.05. The Balaban J connectivity index is 2.55. The number of esters is 1. The molecule has 0 spiro atoms. The topological polar surface area (TPSA) is 50.7 Å². The van der Waals surface area contributed by atoms with E-state index in [9.17, 15) is 4.79 Å². The van der Waals surface area contributed by atoms with Crippen molar-refractivity contribution in [1.82, 2.24) is 0 Å². The van der Waals surface area contributed by atoms with Crippen LogP contribution in [0.5, 0.6) is 0 Å². The fraction of sp³-hybridized carbons (Fsp3) is 0.167. The number of hydrazone groups is 1. The van der Waals surface area contributed by atoms with E-state index in [-0.39, 0.29) is 5.17 Å². The molecule has 0 aliphatic heterocycles. The summed E-state index contributed by atoms with van der Waals surface area (Å²) in [5.41, 5.74) is 3.38. The summed E-state index contributed by atoms with van der Waals surface area (Å²) in [5.74, 6) is -0.692. The number of carbonyl (C=O) groups is 1. The Morgan fingerprint density at radius 3 is 2.76 bits per heavy atom. The molecule has 0 amide bonds. The molecular weight excluding hydrogens is 240 g/mol. The number of hydrogen-bond acceptors (Lipinski definition) is 4. The van der Waals surface area contributed by atoms with E-state index >= 15 is 0 Å². The number of carbonyl (C=O) groups excluding carboxylic acids is 1. The molecule has 0 radical (unpaired) electrons. The monoisotopic (exact) mass is 252 g/mol. The number of rotatable bonds is 5. The van der Waals surface area contributed by atoms with E-state index in [4.69, 9.17) is 16.3 Å². The zero-order valence-electron chi connectivity index (χ0n) is 9.39. The number of para-hydroxylation sites is 1. The SMILES string of the molecule is C=C[C@H](C)OC(=O)/C(Cl)=N/Nc1ccccc1. The summed E-state index contributed by atoms with van der Waals surface area (Å²) in [5, 5.41) is 3.44. The standard InChI is InChI=1S/C12H13ClN2O2/c1-3-9(2)17-12(16)11(13)15-14-10-7-5-4-6-8-10/h3-9,14H,1H2,2H3/b15-11-/t9-/m0/s1. The highest BCUT2D eigenvalue weighted by molar-refractivity contribution is 6.82. The van der Waals surface area contributed by atoms with Crippen molar-refractivity contribution in [3.8, 4) is 0 Å². The Hall–Kier alpha value is -1.81. The summed E-state index contributed by atoms with van der Waals surface area (Å²) in [7, 11) is 0. The Bertz CT molecular complexity index is 418. The minimum Gasteiger partial charge on any atom is -0.453 e. The first-order valence-corrected chi connectivity index (χ1v) is 5.39. The van der Waals surface area contributed by atoms with Crippen molar-refractivity contribution in [3.05, 3.63) is 43.0 Å². The van der Waals surface area contributed by atoms with Crippen LogP contribution in [0.15, 0.2) is 48.1 Å². The number of anilines is 1. The van der Waals surface area contributed by atoms with Gasteiger partial charge in [-0.15, -0.1) is 0 Å². The molecule has 0 saturated heterocycles. The molecule has 90 valence electrons. The number of ether oxygens (including phenoxy) is 1. The number of benzene rings is 1. The van der Waals surface area contributed by atoms with Gasteiger partial charge in [0.15, 0.2) is 0 Å². The van der Waals surface area contributed by atoms with Gasteiger partial charge in [0.1, 0.15) is 6.10 Å². The molecular formula is C12H13ClN2O2. The first-order valence-electron chi connectivity index (χ1n) is 5.01. The Kier molecular flexibility index (Phi) is 5.23. The van der Waals surface area contributed by atoms with Gasteiger partial charge in [0, 0.05) is 0 Å². The van der Waals surface area contributed by atoms with Gasteiger partial charge in [-0.25, -0.2) is 4.79 Å². The molecule has 1 N–H and O–H groups in total. The molecule has 5 heteroatoms. The van der Waals surface area contributed by atoms with E-state index in [1.54, 1.807) is 19.1 Å². The maximum Gasteiger partial charge on any atom is 0.371 e. The minimum absolute atomic E-state index is 0.262. The summed E-state index contributed by atoms with van der Waals surface area (Å²) in [6.45, 7) is 5.17. The van der Waals surface area contributed by atoms with E-state index in [0.29, 0.717) is 0 Å². The van der Waals surface area contributed by atoms with E-state index < -0.39 is 12.1 Å². The molecule has 0 aliphatic rings. The maximum atomic E-state index is 11.4. The molecule has 1 aromatic carbocycles. The molecule has 1 aromatic rings. The van der Waals surface area contributed by atoms with Gasteiger partial charge in [-0.05, 0) is 19.1 Å². The summed E-state index contributed by atoms with van der Waals surface area (Å²) >= 11 is 5.66. The Labute approximate surface area is 105 Å². The second kappa shape index (κ2) is 6.70. The summed E-state index contributed by atoms with van der Waals surface area (Å²) < 4.78 is 4.89. The van der Waals surface area contributed by atoms with Gasteiger partial charge < -0.3 is 4.74 Å². The van der Waals surface area contributed by atoms with Crippen molar-refractivity contribution < 1.29 is 9.53 Å². The lowest BCUT2D eigenvalue weighted by molar-refractivity contribution is -0.137. The Morgan fingerprint density at radius 1 is 1.53 bits per heavy atom. The van der Waals surface area contributed by atoms with Crippen molar-refractivity contribution in [1.29, 1.82) is 0 Å². The number of halogens is 1. The van der Waals surface area contributed by atoms with Crippen LogP contribution in [-0.4, -0.2) is 17.2 Å². The van der Waals surface area contributed by atoms with Crippen LogP contribution >= 0.6 is 11.6 Å². The number of nitrogens with one attached hydrogen (secondary N) is 1. The molecule has 0 bridgehead atoms. The second-order valence-corrected chi connectivity index (χ2v) is 3.58. The molecule has 0 heterocycles. The first kappa shape index (κ1) is 13.3. The highest BCUT2D eigenvalue weighted by Gasteiger charge is 2.12. The van der Waals surface area contributed by atoms with Gasteiger partial charge in [0.05, 0.1) is 5.69 Å². The third-order valence-corrected chi connectivity index (χ3v) is 2.09. The Morgan fingerprint density at radius 2 is 2.18 bits per heavy atom. The fourth-order valence-electron chi connectivity index (χ4n) is 0.938. The van der Waals surface area contributed by atoms with Crippen molar-refractivity contribution in [2.75, 3.05) is 5.43 Å². The number of hydrogen-bond donors (Lipinski definition) is 1. The molecule has 0 unspecified atom stereocenters. The lowest BCUT2D eigenvalue weighted by Crippen LogP contribution is -2.18. The minimum atomic E-state index is -0.692. The molecule has 0 saturated carbocycles. The molecule has 4 nitrogen and oxygen atoms in total. The van der Waals surface area contributed by atoms with Crippen molar-refractivity contribution in [3.63, 3.8) is 0 Å². The van der Waals surface area contributed by atoms with Crippen LogP contribution in [0.2, 0.25) is 0 Å². The summed E-state index contributed by atoms with van der Waals surface area (Å²) in [6, 6.07) is 9.14. The average molecular weight is 253 g/mol. The second-order valence-electron chi connectivity index (χ2n) is 3.23. The van der Waals surface area contributed by atoms with E-state index in [1.807, 2.05) is 18.2 Å². The van der Waals surface area contributed by atoms with Gasteiger partial charge in [-0.1, -0.05) is 42.5 Å². The third-order valence-electron chi connectivity index (χ3n) is 1.85. The van der Waals surface area contributed by atoms with Crippen LogP contribution < -0.4 is 5.43 Å². The molecule has 0 fully saturated rings. The van der Waals surface area contributed by atoms with Crippen LogP contribution in [-0.2, 0) is 9.53 Å². The largest absolute Gasteiger partial charge is 0.453 e. The zero-order chi connectivity index (χ0) is 12.7. The van der Waals surface area contributed by atoms with Crippen LogP contribution in [0.4, 0.5) is 5.69 Å². The predicted molar refractivity (Wildman–Crippen MR) is 69.1 cm³/mol. The van der Waals surface area contributed by atoms with Crippen molar-refractivity contribution >= 4 is 28.4 Å². The maximum absolute atomic E-state index is 11.4. The average Bonchev–Trinajstić information content (AvgIpc) is 2.36. The van der Waals surface area contributed by atoms with Gasteiger partial charge in [-0.2, -0.15) is 5.10 Å². The normalized spacial score (nSPS) is 12.7. The lowest BCUT2D eigenvalue weighted by Gasteiger charge is -2.07. The fourth-order valence-corrected chi connectivity index (χ4v) is 1.02. The predicted octanol–water partition coefficient (Wildman–Crippen LogP) is 2.77. The molecule has 0 aliphatic carbocycles. The van der Waals surface area contributed by atoms with Crippen LogP contribution in [0, 0.1) is 0 Å². The van der Waals surface area contributed by atoms with Crippen molar-refractivity contribution in [2.45, 2.75) is 13.0 Å². The number of nitrogens with zero attached hydrogens (tertiary/aromatic N) is 1. The third kappa shape index (κ3) is 4.70. The first-order chi connectivity index (χ1) is 8.13. The van der Waals surface area contributed by atoms with Crippen LogP contribution in [0.1, 0.15) is 6.92 Å². The molecule has 17 heavy (non-hydrogen) atoms. The van der Waals surface area contributed by atoms with E-state index in [1.165, 1.54) is 6.08 Å². The quantitative estimate of drug-likeness (QED) is 0.379. The summed E-state index contributed by atoms with van der Waals surface area (Å²) in [6.07, 6.45) is 1.09. The molecule has 1 atom stereocenters. The lowest BCUT2D eigenvalue weighted by atomic mass is 10.3. The van der Waals surface area contributed by atoms with Crippen molar-refractivity contribution in [2.24, 2.45) is 5.10 Å². The van der Waals surface area contributed by atoms with Gasteiger partial charge in [0.2, 0.25) is 5.17 Å². The van der Waals surface area contributed by atoms with Crippen LogP contribution in [0.25, 0.3) is 0 Å². The van der Waals surface area contributed by atoms with Crippen LogP contribution in [0.3, 0.4) is 0 Å². The molecule has 1 rings (SSSR count). The highest BCUT2D eigenvalue weighted by atomic mass is 35.5. The molecule has 0 aromatic heterocycles. The summed E-state index contributed by atoms with van der Waals surface area (Å²) in [4.78, 5) is 11.4. The van der Waals surface area contributed by atoms with E-state index in [0.717, 1.165) is 5.69 Å². The van der Waals surface area contributed by atoms with E-state index in [2.05, 4.69) is 17.1 Å². The van der Waals surface area contributed by atoms with Gasteiger partial charge >= 0.3 is 5.97 Å². The zero-order valence-corrected chi connectivity index (χ0v) is 10.1. The van der Waals surface area contributed by atoms with Gasteiger partial charge in [0.25, 0.3) is 0 Å². The van der Waals surface area contributed by atoms with Gasteiger partial charge in [-0.3, -0.25) is 5.43 Å². The smallest absolute Gasteiger partial charge is 0.371 e.